The maximum atomic E-state index is 11.3. The first-order valence-electron chi connectivity index (χ1n) is 4.19. The highest BCUT2D eigenvalue weighted by atomic mass is 31.1. The largest absolute Gasteiger partial charge is 0.315 e. The second kappa shape index (κ2) is 4.53. The Kier molecular flexibility index (Phi) is 3.63. The lowest BCUT2D eigenvalue weighted by Gasteiger charge is -2.12. The van der Waals surface area contributed by atoms with Crippen LogP contribution in [-0.2, 0) is 18.7 Å². The number of hydrogen-bond donors (Lipinski definition) is 0. The van der Waals surface area contributed by atoms with Gasteiger partial charge >= 0.3 is 0 Å². The van der Waals surface area contributed by atoms with E-state index in [0.29, 0.717) is 13.0 Å². The molecule has 1 saturated heterocycles. The Labute approximate surface area is 77.0 Å². The van der Waals surface area contributed by atoms with Crippen LogP contribution in [0.1, 0.15) is 26.2 Å². The van der Waals surface area contributed by atoms with Crippen molar-refractivity contribution in [2.45, 2.75) is 26.2 Å². The third-order valence-electron chi connectivity index (χ3n) is 1.66. The van der Waals surface area contributed by atoms with Gasteiger partial charge in [-0.15, -0.1) is 0 Å². The van der Waals surface area contributed by atoms with Crippen LogP contribution in [0.3, 0.4) is 0 Å². The first kappa shape index (κ1) is 10.4. The zero-order valence-corrected chi connectivity index (χ0v) is 8.41. The van der Waals surface area contributed by atoms with Crippen LogP contribution in [-0.4, -0.2) is 23.1 Å². The Balaban J connectivity index is 2.54. The number of carbonyl (C=O) groups is 2. The molecule has 74 valence electrons. The molecule has 6 heteroatoms. The van der Waals surface area contributed by atoms with Gasteiger partial charge in [-0.1, -0.05) is 6.92 Å². The molecule has 0 aromatic rings. The van der Waals surface area contributed by atoms with Crippen LogP contribution in [0.2, 0.25) is 0 Å². The number of carbonyl (C=O) groups excluding carboxylic acids is 2. The first-order valence-corrected chi connectivity index (χ1v) is 5.45. The molecule has 1 rings (SSSR count). The summed E-state index contributed by atoms with van der Waals surface area (Å²) in [5.41, 5.74) is 0. The van der Waals surface area contributed by atoms with Gasteiger partial charge in [0.1, 0.15) is 0 Å². The van der Waals surface area contributed by atoms with E-state index < -0.39 is 8.18 Å². The Morgan fingerprint density at radius 2 is 1.92 bits per heavy atom. The molecule has 0 spiro atoms. The topological polar surface area (TPSA) is 63.7 Å². The van der Waals surface area contributed by atoms with E-state index in [0.717, 1.165) is 4.67 Å². The van der Waals surface area contributed by atoms with Gasteiger partial charge in [0.15, 0.2) is 0 Å². The van der Waals surface area contributed by atoms with Crippen molar-refractivity contribution in [3.05, 3.63) is 0 Å². The molecule has 1 aliphatic rings. The van der Waals surface area contributed by atoms with E-state index in [-0.39, 0.29) is 24.7 Å². The molecule has 0 bridgehead atoms. The maximum absolute atomic E-state index is 11.3. The summed E-state index contributed by atoms with van der Waals surface area (Å²) in [6, 6.07) is 0. The summed E-state index contributed by atoms with van der Waals surface area (Å²) in [5.74, 6) is -0.769. The Hall–Kier alpha value is -0.670. The number of hydrogen-bond acceptors (Lipinski definition) is 4. The third kappa shape index (κ3) is 2.39. The summed E-state index contributed by atoms with van der Waals surface area (Å²) in [7, 11) is -2.64. The predicted octanol–water partition coefficient (Wildman–Crippen LogP) is 0.952. The zero-order chi connectivity index (χ0) is 9.84. The second-order valence-corrected chi connectivity index (χ2v) is 4.00. The lowest BCUT2D eigenvalue weighted by Crippen LogP contribution is -2.21. The summed E-state index contributed by atoms with van der Waals surface area (Å²) in [4.78, 5) is 22.1. The van der Waals surface area contributed by atoms with Crippen LogP contribution in [0.25, 0.3) is 0 Å². The van der Waals surface area contributed by atoms with E-state index in [9.17, 15) is 14.2 Å². The van der Waals surface area contributed by atoms with Gasteiger partial charge in [0, 0.05) is 12.8 Å². The molecular weight excluding hydrogens is 193 g/mol. The molecule has 0 radical (unpaired) electrons. The highest BCUT2D eigenvalue weighted by molar-refractivity contribution is 7.38. The van der Waals surface area contributed by atoms with Crippen molar-refractivity contribution in [3.8, 4) is 0 Å². The van der Waals surface area contributed by atoms with Crippen LogP contribution in [0.5, 0.6) is 0 Å². The quantitative estimate of drug-likeness (QED) is 0.506. The number of nitrogens with zero attached hydrogens (tertiary/aromatic N) is 1. The van der Waals surface area contributed by atoms with Crippen molar-refractivity contribution in [1.29, 1.82) is 0 Å². The van der Waals surface area contributed by atoms with E-state index >= 15 is 0 Å². The molecule has 1 atom stereocenters. The minimum Gasteiger partial charge on any atom is -0.315 e. The van der Waals surface area contributed by atoms with Crippen LogP contribution in [0.4, 0.5) is 0 Å². The summed E-state index contributed by atoms with van der Waals surface area (Å²) < 4.78 is 16.9. The van der Waals surface area contributed by atoms with Crippen molar-refractivity contribution in [2.75, 3.05) is 6.61 Å². The van der Waals surface area contributed by atoms with Crippen molar-refractivity contribution in [2.24, 2.45) is 0 Å². The van der Waals surface area contributed by atoms with Crippen molar-refractivity contribution in [3.63, 3.8) is 0 Å². The van der Waals surface area contributed by atoms with Gasteiger partial charge in [-0.3, -0.25) is 14.2 Å². The minimum absolute atomic E-state index is 0.157. The van der Waals surface area contributed by atoms with E-state index in [2.05, 4.69) is 0 Å². The van der Waals surface area contributed by atoms with Crippen molar-refractivity contribution in [1.82, 2.24) is 4.67 Å². The van der Waals surface area contributed by atoms with Gasteiger partial charge in [-0.25, -0.2) is 4.67 Å². The third-order valence-corrected chi connectivity index (χ3v) is 2.98. The molecule has 0 N–H and O–H groups in total. The van der Waals surface area contributed by atoms with Crippen LogP contribution in [0.15, 0.2) is 0 Å². The van der Waals surface area contributed by atoms with E-state index in [1.165, 1.54) is 0 Å². The zero-order valence-electron chi connectivity index (χ0n) is 7.41. The lowest BCUT2D eigenvalue weighted by molar-refractivity contribution is -0.132. The molecule has 0 aromatic carbocycles. The summed E-state index contributed by atoms with van der Waals surface area (Å²) >= 11 is 0. The van der Waals surface area contributed by atoms with E-state index in [4.69, 9.17) is 4.52 Å². The predicted molar refractivity (Wildman–Crippen MR) is 46.3 cm³/mol. The monoisotopic (exact) mass is 205 g/mol. The van der Waals surface area contributed by atoms with Crippen LogP contribution < -0.4 is 0 Å². The Morgan fingerprint density at radius 3 is 2.38 bits per heavy atom. The standard InChI is InChI=1S/C7H12NO4P/c1-2-5-12-13(11)8-6(9)3-4-7(8)10/h13H,2-5H2,1H3. The molecule has 0 saturated carbocycles. The van der Waals surface area contributed by atoms with Gasteiger partial charge in [0.25, 0.3) is 8.18 Å². The highest BCUT2D eigenvalue weighted by Gasteiger charge is 2.33. The highest BCUT2D eigenvalue weighted by Crippen LogP contribution is 2.33. The molecule has 2 amide bonds. The van der Waals surface area contributed by atoms with Crippen molar-refractivity contribution >= 4 is 20.0 Å². The van der Waals surface area contributed by atoms with Crippen LogP contribution in [0, 0.1) is 0 Å². The van der Waals surface area contributed by atoms with Gasteiger partial charge < -0.3 is 4.52 Å². The lowest BCUT2D eigenvalue weighted by atomic mass is 10.4. The van der Waals surface area contributed by atoms with Gasteiger partial charge in [-0.05, 0) is 6.42 Å². The summed E-state index contributed by atoms with van der Waals surface area (Å²) in [5, 5.41) is 0. The average molecular weight is 205 g/mol. The van der Waals surface area contributed by atoms with Crippen molar-refractivity contribution < 1.29 is 18.7 Å². The average Bonchev–Trinajstić information content (AvgIpc) is 2.42. The Morgan fingerprint density at radius 1 is 1.38 bits per heavy atom. The van der Waals surface area contributed by atoms with Crippen LogP contribution >= 0.6 is 8.18 Å². The first-order chi connectivity index (χ1) is 6.16. The molecule has 1 fully saturated rings. The maximum Gasteiger partial charge on any atom is 0.293 e. The van der Waals surface area contributed by atoms with Gasteiger partial charge in [0.2, 0.25) is 11.8 Å². The SMILES string of the molecule is CCCO[PH](=O)N1C(=O)CCC1=O. The van der Waals surface area contributed by atoms with E-state index in [1.54, 1.807) is 0 Å². The minimum atomic E-state index is -2.64. The van der Waals surface area contributed by atoms with E-state index in [1.807, 2.05) is 6.92 Å². The fourth-order valence-electron chi connectivity index (χ4n) is 1.03. The second-order valence-electron chi connectivity index (χ2n) is 2.74. The molecule has 1 aliphatic heterocycles. The smallest absolute Gasteiger partial charge is 0.293 e. The molecule has 1 heterocycles. The molecule has 13 heavy (non-hydrogen) atoms. The molecular formula is C7H12NO4P. The fraction of sp³-hybridized carbons (Fsp3) is 0.714. The fourth-order valence-corrected chi connectivity index (χ4v) is 2.17. The summed E-state index contributed by atoms with van der Waals surface area (Å²) in [6.07, 6.45) is 1.03. The number of amides is 2. The normalized spacial score (nSPS) is 19.6. The van der Waals surface area contributed by atoms with Gasteiger partial charge in [-0.2, -0.15) is 0 Å². The molecule has 0 aromatic heterocycles. The molecule has 1 unspecified atom stereocenters. The van der Waals surface area contributed by atoms with Gasteiger partial charge in [0.05, 0.1) is 6.61 Å². The number of imide groups is 1. The Bertz CT molecular complexity index is 237. The number of rotatable bonds is 4. The molecule has 0 aliphatic carbocycles. The summed E-state index contributed by atoms with van der Waals surface area (Å²) in [6.45, 7) is 2.18. The molecule has 5 nitrogen and oxygen atoms in total.